The molecule has 2 aromatic rings. The zero-order valence-electron chi connectivity index (χ0n) is 8.55. The van der Waals surface area contributed by atoms with Crippen molar-refractivity contribution in [3.05, 3.63) is 52.2 Å². The highest BCUT2D eigenvalue weighted by Gasteiger charge is 2.07. The van der Waals surface area contributed by atoms with Gasteiger partial charge in [0.25, 0.3) is 0 Å². The largest absolute Gasteiger partial charge is 0.457 e. The number of carbonyl (C=O) groups is 1. The van der Waals surface area contributed by atoms with Crippen LogP contribution in [0.3, 0.4) is 0 Å². The van der Waals surface area contributed by atoms with Crippen LogP contribution in [-0.4, -0.2) is 5.97 Å². The fourth-order valence-corrected chi connectivity index (χ4v) is 1.93. The number of nitrogens with two attached hydrogens (primary N) is 1. The summed E-state index contributed by atoms with van der Waals surface area (Å²) in [4.78, 5) is 11.6. The van der Waals surface area contributed by atoms with Gasteiger partial charge in [-0.05, 0) is 35.0 Å². The number of esters is 1. The van der Waals surface area contributed by atoms with Crippen molar-refractivity contribution in [1.29, 1.82) is 0 Å². The molecule has 0 saturated heterocycles. The maximum atomic E-state index is 11.6. The van der Waals surface area contributed by atoms with Crippen molar-refractivity contribution in [2.75, 3.05) is 5.73 Å². The predicted molar refractivity (Wildman–Crippen MR) is 64.3 cm³/mol. The molecule has 2 rings (SSSR count). The van der Waals surface area contributed by atoms with Crippen LogP contribution in [0.25, 0.3) is 0 Å². The number of ether oxygens (including phenoxy) is 1. The number of thiophene rings is 1. The zero-order valence-corrected chi connectivity index (χ0v) is 9.37. The van der Waals surface area contributed by atoms with Gasteiger partial charge in [-0.1, -0.05) is 6.07 Å². The normalized spacial score (nSPS) is 10.0. The van der Waals surface area contributed by atoms with Crippen molar-refractivity contribution in [2.24, 2.45) is 0 Å². The van der Waals surface area contributed by atoms with Crippen molar-refractivity contribution in [3.8, 4) is 0 Å². The van der Waals surface area contributed by atoms with Gasteiger partial charge in [0.1, 0.15) is 6.61 Å². The van der Waals surface area contributed by atoms with Gasteiger partial charge in [-0.2, -0.15) is 11.3 Å². The molecule has 0 aliphatic rings. The number of nitrogen functional groups attached to an aromatic ring is 1. The lowest BCUT2D eigenvalue weighted by atomic mass is 10.2. The summed E-state index contributed by atoms with van der Waals surface area (Å²) in [6.07, 6.45) is 0. The molecule has 0 atom stereocenters. The Bertz CT molecular complexity index is 480. The zero-order chi connectivity index (χ0) is 11.4. The van der Waals surface area contributed by atoms with E-state index >= 15 is 0 Å². The first-order valence-electron chi connectivity index (χ1n) is 4.79. The summed E-state index contributed by atoms with van der Waals surface area (Å²) in [5, 5.41) is 3.90. The molecule has 3 nitrogen and oxygen atoms in total. The van der Waals surface area contributed by atoms with Crippen LogP contribution in [-0.2, 0) is 11.3 Å². The SMILES string of the molecule is Nc1cccc(C(=O)OCc2ccsc2)c1. The first kappa shape index (κ1) is 10.7. The van der Waals surface area contributed by atoms with E-state index in [4.69, 9.17) is 10.5 Å². The number of benzene rings is 1. The fraction of sp³-hybridized carbons (Fsp3) is 0.0833. The summed E-state index contributed by atoms with van der Waals surface area (Å²) < 4.78 is 5.14. The maximum Gasteiger partial charge on any atom is 0.338 e. The second-order valence-electron chi connectivity index (χ2n) is 3.33. The Balaban J connectivity index is 1.98. The first-order chi connectivity index (χ1) is 7.75. The van der Waals surface area contributed by atoms with Crippen LogP contribution in [0, 0.1) is 0 Å². The van der Waals surface area contributed by atoms with E-state index in [-0.39, 0.29) is 5.97 Å². The Labute approximate surface area is 97.5 Å². The molecule has 0 saturated carbocycles. The van der Waals surface area contributed by atoms with Crippen molar-refractivity contribution < 1.29 is 9.53 Å². The average molecular weight is 233 g/mol. The van der Waals surface area contributed by atoms with Gasteiger partial charge in [0.15, 0.2) is 0 Å². The lowest BCUT2D eigenvalue weighted by Gasteiger charge is -2.03. The standard InChI is InChI=1S/C12H11NO2S/c13-11-3-1-2-10(6-11)12(14)15-7-9-4-5-16-8-9/h1-6,8H,7,13H2. The summed E-state index contributed by atoms with van der Waals surface area (Å²) in [5.41, 5.74) is 7.62. The third-order valence-electron chi connectivity index (χ3n) is 2.07. The van der Waals surface area contributed by atoms with Crippen LogP contribution in [0.4, 0.5) is 5.69 Å². The predicted octanol–water partition coefficient (Wildman–Crippen LogP) is 2.69. The summed E-state index contributed by atoms with van der Waals surface area (Å²) in [6.45, 7) is 0.303. The molecule has 0 aliphatic heterocycles. The Morgan fingerprint density at radius 1 is 1.38 bits per heavy atom. The van der Waals surface area contributed by atoms with Crippen molar-refractivity contribution >= 4 is 23.0 Å². The Morgan fingerprint density at radius 2 is 2.25 bits per heavy atom. The van der Waals surface area contributed by atoms with E-state index in [1.54, 1.807) is 35.6 Å². The minimum Gasteiger partial charge on any atom is -0.457 e. The van der Waals surface area contributed by atoms with Crippen LogP contribution in [0.1, 0.15) is 15.9 Å². The highest BCUT2D eigenvalue weighted by Crippen LogP contribution is 2.11. The Hall–Kier alpha value is -1.81. The number of hydrogen-bond donors (Lipinski definition) is 1. The van der Waals surface area contributed by atoms with E-state index in [9.17, 15) is 4.79 Å². The van der Waals surface area contributed by atoms with Crippen LogP contribution >= 0.6 is 11.3 Å². The molecular weight excluding hydrogens is 222 g/mol. The molecular formula is C12H11NO2S. The molecule has 0 aliphatic carbocycles. The van der Waals surface area contributed by atoms with Crippen LogP contribution in [0.15, 0.2) is 41.1 Å². The molecule has 16 heavy (non-hydrogen) atoms. The van der Waals surface area contributed by atoms with Crippen LogP contribution in [0.2, 0.25) is 0 Å². The molecule has 4 heteroatoms. The highest BCUT2D eigenvalue weighted by atomic mass is 32.1. The van der Waals surface area contributed by atoms with Gasteiger partial charge < -0.3 is 10.5 Å². The lowest BCUT2D eigenvalue weighted by molar-refractivity contribution is 0.0473. The third kappa shape index (κ3) is 2.61. The number of rotatable bonds is 3. The number of hydrogen-bond acceptors (Lipinski definition) is 4. The van der Waals surface area contributed by atoms with E-state index in [1.165, 1.54) is 0 Å². The lowest BCUT2D eigenvalue weighted by Crippen LogP contribution is -2.05. The van der Waals surface area contributed by atoms with E-state index in [1.807, 2.05) is 16.8 Å². The van der Waals surface area contributed by atoms with Gasteiger partial charge >= 0.3 is 5.97 Å². The topological polar surface area (TPSA) is 52.3 Å². The quantitative estimate of drug-likeness (QED) is 0.655. The highest BCUT2D eigenvalue weighted by molar-refractivity contribution is 7.07. The van der Waals surface area contributed by atoms with Crippen LogP contribution in [0.5, 0.6) is 0 Å². The molecule has 0 spiro atoms. The summed E-state index contributed by atoms with van der Waals surface area (Å²) in [6, 6.07) is 8.69. The van der Waals surface area contributed by atoms with Gasteiger partial charge in [-0.3, -0.25) is 0 Å². The van der Waals surface area contributed by atoms with E-state index in [2.05, 4.69) is 0 Å². The third-order valence-corrected chi connectivity index (χ3v) is 2.80. The number of carbonyl (C=O) groups excluding carboxylic acids is 1. The first-order valence-corrected chi connectivity index (χ1v) is 5.74. The Morgan fingerprint density at radius 3 is 2.94 bits per heavy atom. The van der Waals surface area contributed by atoms with Crippen LogP contribution < -0.4 is 5.73 Å². The van der Waals surface area contributed by atoms with Crippen molar-refractivity contribution in [1.82, 2.24) is 0 Å². The van der Waals surface area contributed by atoms with Crippen molar-refractivity contribution in [2.45, 2.75) is 6.61 Å². The summed E-state index contributed by atoms with van der Waals surface area (Å²) >= 11 is 1.58. The molecule has 0 bridgehead atoms. The van der Waals surface area contributed by atoms with Gasteiger partial charge in [-0.15, -0.1) is 0 Å². The van der Waals surface area contributed by atoms with E-state index in [0.29, 0.717) is 17.9 Å². The van der Waals surface area contributed by atoms with Gasteiger partial charge in [0, 0.05) is 11.3 Å². The van der Waals surface area contributed by atoms with E-state index < -0.39 is 0 Å². The van der Waals surface area contributed by atoms with Gasteiger partial charge in [0.05, 0.1) is 5.56 Å². The van der Waals surface area contributed by atoms with Gasteiger partial charge in [-0.25, -0.2) is 4.79 Å². The van der Waals surface area contributed by atoms with Gasteiger partial charge in [0.2, 0.25) is 0 Å². The molecule has 2 N–H and O–H groups in total. The molecule has 1 aromatic carbocycles. The molecule has 1 heterocycles. The molecule has 0 amide bonds. The van der Waals surface area contributed by atoms with E-state index in [0.717, 1.165) is 5.56 Å². The molecule has 0 unspecified atom stereocenters. The minimum absolute atomic E-state index is 0.303. The second kappa shape index (κ2) is 4.81. The second-order valence-corrected chi connectivity index (χ2v) is 4.11. The minimum atomic E-state index is -0.349. The smallest absolute Gasteiger partial charge is 0.338 e. The average Bonchev–Trinajstić information content (AvgIpc) is 2.78. The fourth-order valence-electron chi connectivity index (χ4n) is 1.27. The molecule has 0 radical (unpaired) electrons. The molecule has 1 aromatic heterocycles. The molecule has 82 valence electrons. The summed E-state index contributed by atoms with van der Waals surface area (Å²) in [5.74, 6) is -0.349. The number of anilines is 1. The van der Waals surface area contributed by atoms with Crippen molar-refractivity contribution in [3.63, 3.8) is 0 Å². The monoisotopic (exact) mass is 233 g/mol. The Kier molecular flexibility index (Phi) is 3.22. The maximum absolute atomic E-state index is 11.6. The summed E-state index contributed by atoms with van der Waals surface area (Å²) in [7, 11) is 0. The molecule has 0 fully saturated rings.